The van der Waals surface area contributed by atoms with Crippen LogP contribution in [0.5, 0.6) is 0 Å². The molecule has 14 heavy (non-hydrogen) atoms. The smallest absolute Gasteiger partial charge is 0.327 e. The van der Waals surface area contributed by atoms with Crippen molar-refractivity contribution in [1.82, 2.24) is 14.9 Å². The molecule has 1 saturated carbocycles. The molecule has 1 amide bonds. The van der Waals surface area contributed by atoms with E-state index in [4.69, 9.17) is 0 Å². The Labute approximate surface area is 83.3 Å². The van der Waals surface area contributed by atoms with Crippen LogP contribution in [0.4, 0.5) is 4.79 Å². The summed E-state index contributed by atoms with van der Waals surface area (Å²) in [6.07, 6.45) is 8.56. The lowest BCUT2D eigenvalue weighted by Gasteiger charge is -2.31. The maximum Gasteiger partial charge on any atom is 0.327 e. The molecular formula is C10H15N3O. The van der Waals surface area contributed by atoms with Crippen molar-refractivity contribution >= 4 is 6.03 Å². The van der Waals surface area contributed by atoms with Gasteiger partial charge in [0.2, 0.25) is 0 Å². The number of aromatic nitrogens is 2. The first kappa shape index (κ1) is 9.24. The molecule has 0 aromatic carbocycles. The lowest BCUT2D eigenvalue weighted by molar-refractivity contribution is 0.214. The van der Waals surface area contributed by atoms with E-state index in [0.29, 0.717) is 5.92 Å². The van der Waals surface area contributed by atoms with Gasteiger partial charge in [0.05, 0.1) is 0 Å². The van der Waals surface area contributed by atoms with Gasteiger partial charge < -0.3 is 5.32 Å². The standard InChI is InChI=1S/C10H15N3O/c1-8(9-3-2-4-9)12-10(14)13-6-5-11-7-13/h5-9H,2-4H2,1H3,(H,12,14). The summed E-state index contributed by atoms with van der Waals surface area (Å²) in [5.41, 5.74) is 0. The summed E-state index contributed by atoms with van der Waals surface area (Å²) in [4.78, 5) is 15.4. The number of imidazole rings is 1. The third-order valence-corrected chi connectivity index (χ3v) is 2.95. The molecule has 4 heteroatoms. The van der Waals surface area contributed by atoms with E-state index in [1.165, 1.54) is 30.2 Å². The largest absolute Gasteiger partial charge is 0.335 e. The molecule has 0 saturated heterocycles. The molecule has 1 unspecified atom stereocenters. The maximum atomic E-state index is 11.6. The van der Waals surface area contributed by atoms with Gasteiger partial charge in [-0.3, -0.25) is 4.57 Å². The number of nitrogens with zero attached hydrogens (tertiary/aromatic N) is 2. The van der Waals surface area contributed by atoms with Gasteiger partial charge in [-0.1, -0.05) is 6.42 Å². The predicted molar refractivity (Wildman–Crippen MR) is 53.0 cm³/mol. The van der Waals surface area contributed by atoms with Crippen molar-refractivity contribution in [1.29, 1.82) is 0 Å². The summed E-state index contributed by atoms with van der Waals surface area (Å²) >= 11 is 0. The van der Waals surface area contributed by atoms with Crippen molar-refractivity contribution in [3.8, 4) is 0 Å². The molecule has 0 bridgehead atoms. The Morgan fingerprint density at radius 3 is 2.93 bits per heavy atom. The van der Waals surface area contributed by atoms with Crippen LogP contribution < -0.4 is 5.32 Å². The third kappa shape index (κ3) is 1.78. The van der Waals surface area contributed by atoms with Crippen LogP contribution in [0.1, 0.15) is 26.2 Å². The number of hydrogen-bond acceptors (Lipinski definition) is 2. The van der Waals surface area contributed by atoms with Crippen molar-refractivity contribution in [3.05, 3.63) is 18.7 Å². The first-order chi connectivity index (χ1) is 6.77. The normalized spacial score (nSPS) is 18.6. The van der Waals surface area contributed by atoms with Crippen LogP contribution >= 0.6 is 0 Å². The molecule has 1 atom stereocenters. The number of carbonyl (C=O) groups excluding carboxylic acids is 1. The van der Waals surface area contributed by atoms with Crippen molar-refractivity contribution in [2.75, 3.05) is 0 Å². The lowest BCUT2D eigenvalue weighted by Crippen LogP contribution is -2.42. The minimum atomic E-state index is -0.0816. The van der Waals surface area contributed by atoms with Crippen molar-refractivity contribution < 1.29 is 4.79 Å². The van der Waals surface area contributed by atoms with E-state index in [9.17, 15) is 4.79 Å². The van der Waals surface area contributed by atoms with Crippen LogP contribution in [-0.4, -0.2) is 21.6 Å². The van der Waals surface area contributed by atoms with Crippen LogP contribution in [0.3, 0.4) is 0 Å². The molecule has 1 aromatic rings. The molecule has 1 fully saturated rings. The lowest BCUT2D eigenvalue weighted by atomic mass is 9.80. The van der Waals surface area contributed by atoms with Gasteiger partial charge in [-0.15, -0.1) is 0 Å². The van der Waals surface area contributed by atoms with Gasteiger partial charge in [-0.2, -0.15) is 0 Å². The number of rotatable bonds is 2. The van der Waals surface area contributed by atoms with Gasteiger partial charge in [0.15, 0.2) is 0 Å². The number of hydrogen-bond donors (Lipinski definition) is 1. The monoisotopic (exact) mass is 193 g/mol. The van der Waals surface area contributed by atoms with Crippen LogP contribution in [0, 0.1) is 5.92 Å². The van der Waals surface area contributed by atoms with Gasteiger partial charge in [0.1, 0.15) is 6.33 Å². The van der Waals surface area contributed by atoms with Gasteiger partial charge in [0.25, 0.3) is 0 Å². The van der Waals surface area contributed by atoms with Crippen LogP contribution in [0.25, 0.3) is 0 Å². The SMILES string of the molecule is CC(NC(=O)n1ccnc1)C1CCC1. The molecule has 1 aliphatic carbocycles. The second-order valence-electron chi connectivity index (χ2n) is 3.90. The molecule has 1 N–H and O–H groups in total. The number of nitrogens with one attached hydrogen (secondary N) is 1. The summed E-state index contributed by atoms with van der Waals surface area (Å²) in [6.45, 7) is 2.07. The fourth-order valence-corrected chi connectivity index (χ4v) is 1.71. The summed E-state index contributed by atoms with van der Waals surface area (Å²) in [5.74, 6) is 0.669. The highest BCUT2D eigenvalue weighted by atomic mass is 16.2. The average Bonchev–Trinajstić information content (AvgIpc) is 2.51. The molecule has 1 aromatic heterocycles. The van der Waals surface area contributed by atoms with E-state index < -0.39 is 0 Å². The Hall–Kier alpha value is -1.32. The van der Waals surface area contributed by atoms with E-state index >= 15 is 0 Å². The number of amides is 1. The predicted octanol–water partition coefficient (Wildman–Crippen LogP) is 1.63. The average molecular weight is 193 g/mol. The second-order valence-corrected chi connectivity index (χ2v) is 3.90. The van der Waals surface area contributed by atoms with Gasteiger partial charge >= 0.3 is 6.03 Å². The zero-order chi connectivity index (χ0) is 9.97. The Bertz CT molecular complexity index is 303. The highest BCUT2D eigenvalue weighted by Gasteiger charge is 2.25. The first-order valence-electron chi connectivity index (χ1n) is 5.06. The van der Waals surface area contributed by atoms with Gasteiger partial charge in [-0.25, -0.2) is 9.78 Å². The Morgan fingerprint density at radius 1 is 1.64 bits per heavy atom. The van der Waals surface area contributed by atoms with E-state index in [0.717, 1.165) is 0 Å². The zero-order valence-corrected chi connectivity index (χ0v) is 8.31. The molecule has 1 aliphatic rings. The Balaban J connectivity index is 1.87. The summed E-state index contributed by atoms with van der Waals surface area (Å²) < 4.78 is 1.47. The van der Waals surface area contributed by atoms with Gasteiger partial charge in [0, 0.05) is 18.4 Å². The Kier molecular flexibility index (Phi) is 2.52. The fraction of sp³-hybridized carbons (Fsp3) is 0.600. The highest BCUT2D eigenvalue weighted by Crippen LogP contribution is 2.29. The molecular weight excluding hydrogens is 178 g/mol. The van der Waals surface area contributed by atoms with E-state index in [1.54, 1.807) is 12.4 Å². The Morgan fingerprint density at radius 2 is 2.43 bits per heavy atom. The molecule has 4 nitrogen and oxygen atoms in total. The highest BCUT2D eigenvalue weighted by molar-refractivity contribution is 5.76. The summed E-state index contributed by atoms with van der Waals surface area (Å²) in [5, 5.41) is 2.97. The fourth-order valence-electron chi connectivity index (χ4n) is 1.71. The minimum Gasteiger partial charge on any atom is -0.335 e. The maximum absolute atomic E-state index is 11.6. The minimum absolute atomic E-state index is 0.0816. The third-order valence-electron chi connectivity index (χ3n) is 2.95. The van der Waals surface area contributed by atoms with Crippen molar-refractivity contribution in [3.63, 3.8) is 0 Å². The van der Waals surface area contributed by atoms with E-state index in [2.05, 4.69) is 17.2 Å². The van der Waals surface area contributed by atoms with Crippen LogP contribution in [-0.2, 0) is 0 Å². The zero-order valence-electron chi connectivity index (χ0n) is 8.31. The van der Waals surface area contributed by atoms with Crippen LogP contribution in [0.2, 0.25) is 0 Å². The molecule has 0 radical (unpaired) electrons. The molecule has 76 valence electrons. The summed E-state index contributed by atoms with van der Waals surface area (Å²) in [6, 6.07) is 0.195. The van der Waals surface area contributed by atoms with E-state index in [1.807, 2.05) is 0 Å². The molecule has 0 aliphatic heterocycles. The van der Waals surface area contributed by atoms with Crippen molar-refractivity contribution in [2.24, 2.45) is 5.92 Å². The van der Waals surface area contributed by atoms with Crippen molar-refractivity contribution in [2.45, 2.75) is 32.2 Å². The topological polar surface area (TPSA) is 46.9 Å². The quantitative estimate of drug-likeness (QED) is 0.776. The van der Waals surface area contributed by atoms with Gasteiger partial charge in [-0.05, 0) is 25.7 Å². The first-order valence-corrected chi connectivity index (χ1v) is 5.06. The molecule has 2 rings (SSSR count). The van der Waals surface area contributed by atoms with Crippen LogP contribution in [0.15, 0.2) is 18.7 Å². The number of carbonyl (C=O) groups is 1. The summed E-state index contributed by atoms with van der Waals surface area (Å²) in [7, 11) is 0. The van der Waals surface area contributed by atoms with E-state index in [-0.39, 0.29) is 12.1 Å². The molecule has 0 spiro atoms. The second kappa shape index (κ2) is 3.82. The molecule has 1 heterocycles.